The van der Waals surface area contributed by atoms with Crippen LogP contribution in [0.4, 0.5) is 0 Å². The third-order valence-electron chi connectivity index (χ3n) is 2.93. The van der Waals surface area contributed by atoms with Gasteiger partial charge in [0.25, 0.3) is 0 Å². The van der Waals surface area contributed by atoms with Gasteiger partial charge in [0.15, 0.2) is 0 Å². The van der Waals surface area contributed by atoms with Crippen LogP contribution in [0, 0.1) is 0 Å². The number of amides is 1. The predicted molar refractivity (Wildman–Crippen MR) is 64.4 cm³/mol. The maximum atomic E-state index is 11.7. The lowest BCUT2D eigenvalue weighted by atomic mass is 10.1. The number of carbonyl (C=O) groups excluding carboxylic acids is 1. The van der Waals surface area contributed by atoms with Gasteiger partial charge in [-0.05, 0) is 32.2 Å². The van der Waals surface area contributed by atoms with Gasteiger partial charge < -0.3 is 15.0 Å². The molecule has 1 aliphatic heterocycles. The van der Waals surface area contributed by atoms with Crippen LogP contribution in [0.2, 0.25) is 0 Å². The van der Waals surface area contributed by atoms with Crippen LogP contribution in [0.1, 0.15) is 32.1 Å². The van der Waals surface area contributed by atoms with Crippen LogP contribution in [0.25, 0.3) is 0 Å². The Morgan fingerprint density at radius 3 is 2.69 bits per heavy atom. The summed E-state index contributed by atoms with van der Waals surface area (Å²) in [6, 6.07) is 0. The Hall–Kier alpha value is -0.610. The molecule has 16 heavy (non-hydrogen) atoms. The van der Waals surface area contributed by atoms with Crippen LogP contribution in [0.3, 0.4) is 0 Å². The van der Waals surface area contributed by atoms with Crippen LogP contribution in [0.5, 0.6) is 0 Å². The molecule has 1 fully saturated rings. The van der Waals surface area contributed by atoms with Crippen LogP contribution in [-0.2, 0) is 9.53 Å². The molecular formula is C12H24N2O2. The molecule has 1 saturated heterocycles. The van der Waals surface area contributed by atoms with Gasteiger partial charge >= 0.3 is 0 Å². The van der Waals surface area contributed by atoms with E-state index in [0.717, 1.165) is 39.2 Å². The molecule has 0 unspecified atom stereocenters. The van der Waals surface area contributed by atoms with Crippen molar-refractivity contribution in [2.45, 2.75) is 32.1 Å². The average molecular weight is 228 g/mol. The molecule has 0 aromatic heterocycles. The molecule has 1 heterocycles. The minimum atomic E-state index is 0.305. The van der Waals surface area contributed by atoms with Crippen LogP contribution >= 0.6 is 0 Å². The Balaban J connectivity index is 1.97. The number of piperidine rings is 1. The van der Waals surface area contributed by atoms with Gasteiger partial charge in [0.05, 0.1) is 0 Å². The zero-order valence-electron chi connectivity index (χ0n) is 10.3. The zero-order valence-corrected chi connectivity index (χ0v) is 10.3. The minimum Gasteiger partial charge on any atom is -0.385 e. The Morgan fingerprint density at radius 2 is 2.00 bits per heavy atom. The number of likely N-dealkylation sites (tertiary alicyclic amines) is 1. The number of ether oxygens (including phenoxy) is 1. The van der Waals surface area contributed by atoms with Crippen LogP contribution in [0.15, 0.2) is 0 Å². The lowest BCUT2D eigenvalue weighted by molar-refractivity contribution is -0.131. The number of methoxy groups -OCH3 is 1. The summed E-state index contributed by atoms with van der Waals surface area (Å²) in [5, 5.41) is 3.26. The predicted octanol–water partition coefficient (Wildman–Crippen LogP) is 1.02. The van der Waals surface area contributed by atoms with Crippen molar-refractivity contribution in [1.29, 1.82) is 0 Å². The summed E-state index contributed by atoms with van der Waals surface area (Å²) in [6.07, 6.45) is 5.26. The van der Waals surface area contributed by atoms with Crippen molar-refractivity contribution in [3.8, 4) is 0 Å². The van der Waals surface area contributed by atoms with E-state index in [0.29, 0.717) is 12.3 Å². The third kappa shape index (κ3) is 5.47. The number of hydrogen-bond acceptors (Lipinski definition) is 3. The Labute approximate surface area is 98.3 Å². The van der Waals surface area contributed by atoms with E-state index in [1.54, 1.807) is 7.11 Å². The quantitative estimate of drug-likeness (QED) is 0.661. The monoisotopic (exact) mass is 228 g/mol. The summed E-state index contributed by atoms with van der Waals surface area (Å²) in [5.74, 6) is 0.305. The minimum absolute atomic E-state index is 0.305. The number of carbonyl (C=O) groups is 1. The standard InChI is InChI=1S/C12H24N2O2/c1-16-11-5-7-13-8-6-12(15)14-9-3-2-4-10-14/h13H,2-11H2,1H3. The van der Waals surface area contributed by atoms with E-state index in [-0.39, 0.29) is 0 Å². The maximum Gasteiger partial charge on any atom is 0.223 e. The average Bonchev–Trinajstić information content (AvgIpc) is 2.34. The van der Waals surface area contributed by atoms with Crippen molar-refractivity contribution in [3.05, 3.63) is 0 Å². The molecule has 1 amide bonds. The Bertz CT molecular complexity index is 191. The molecule has 0 aromatic carbocycles. The summed E-state index contributed by atoms with van der Waals surface area (Å²) in [4.78, 5) is 13.7. The molecular weight excluding hydrogens is 204 g/mol. The van der Waals surface area contributed by atoms with Gasteiger partial charge in [0, 0.05) is 39.8 Å². The fourth-order valence-corrected chi connectivity index (χ4v) is 1.96. The number of nitrogens with zero attached hydrogens (tertiary/aromatic N) is 1. The molecule has 94 valence electrons. The number of rotatable bonds is 7. The van der Waals surface area contributed by atoms with Crippen molar-refractivity contribution in [3.63, 3.8) is 0 Å². The highest BCUT2D eigenvalue weighted by Gasteiger charge is 2.15. The molecule has 0 aliphatic carbocycles. The topological polar surface area (TPSA) is 41.6 Å². The van der Waals surface area contributed by atoms with Gasteiger partial charge in [-0.2, -0.15) is 0 Å². The van der Waals surface area contributed by atoms with Gasteiger partial charge in [-0.15, -0.1) is 0 Å². The second kappa shape index (κ2) is 8.53. The molecule has 0 spiro atoms. The van der Waals surface area contributed by atoms with Gasteiger partial charge in [-0.1, -0.05) is 0 Å². The second-order valence-corrected chi connectivity index (χ2v) is 4.29. The van der Waals surface area contributed by atoms with Gasteiger partial charge in [-0.3, -0.25) is 4.79 Å². The summed E-state index contributed by atoms with van der Waals surface area (Å²) in [7, 11) is 1.71. The first-order chi connectivity index (χ1) is 7.84. The zero-order chi connectivity index (χ0) is 11.6. The smallest absolute Gasteiger partial charge is 0.223 e. The lowest BCUT2D eigenvalue weighted by Gasteiger charge is -2.26. The van der Waals surface area contributed by atoms with E-state index in [4.69, 9.17) is 4.74 Å². The highest BCUT2D eigenvalue weighted by Crippen LogP contribution is 2.09. The third-order valence-corrected chi connectivity index (χ3v) is 2.93. The molecule has 0 aromatic rings. The molecule has 1 aliphatic rings. The molecule has 0 bridgehead atoms. The van der Waals surface area contributed by atoms with E-state index < -0.39 is 0 Å². The summed E-state index contributed by atoms with van der Waals surface area (Å²) >= 11 is 0. The normalized spacial score (nSPS) is 16.4. The second-order valence-electron chi connectivity index (χ2n) is 4.29. The first-order valence-electron chi connectivity index (χ1n) is 6.32. The highest BCUT2D eigenvalue weighted by atomic mass is 16.5. The first kappa shape index (κ1) is 13.5. The fraction of sp³-hybridized carbons (Fsp3) is 0.917. The van der Waals surface area contributed by atoms with Crippen molar-refractivity contribution in [2.75, 3.05) is 39.9 Å². The van der Waals surface area contributed by atoms with E-state index in [2.05, 4.69) is 5.32 Å². The molecule has 0 radical (unpaired) electrons. The lowest BCUT2D eigenvalue weighted by Crippen LogP contribution is -2.37. The number of nitrogens with one attached hydrogen (secondary N) is 1. The summed E-state index contributed by atoms with van der Waals surface area (Å²) in [5.41, 5.74) is 0. The maximum absolute atomic E-state index is 11.7. The van der Waals surface area contributed by atoms with E-state index in [9.17, 15) is 4.79 Å². The highest BCUT2D eigenvalue weighted by molar-refractivity contribution is 5.76. The first-order valence-corrected chi connectivity index (χ1v) is 6.32. The SMILES string of the molecule is COCCCNCCC(=O)N1CCCCC1. The molecule has 0 saturated carbocycles. The van der Waals surface area contributed by atoms with Crippen molar-refractivity contribution in [1.82, 2.24) is 10.2 Å². The Kier molecular flexibility index (Phi) is 7.17. The van der Waals surface area contributed by atoms with Crippen molar-refractivity contribution < 1.29 is 9.53 Å². The van der Waals surface area contributed by atoms with E-state index in [1.165, 1.54) is 19.3 Å². The molecule has 4 nitrogen and oxygen atoms in total. The summed E-state index contributed by atoms with van der Waals surface area (Å²) < 4.78 is 4.95. The van der Waals surface area contributed by atoms with Crippen LogP contribution < -0.4 is 5.32 Å². The van der Waals surface area contributed by atoms with Gasteiger partial charge in [-0.25, -0.2) is 0 Å². The number of hydrogen-bond donors (Lipinski definition) is 1. The fourth-order valence-electron chi connectivity index (χ4n) is 1.96. The largest absolute Gasteiger partial charge is 0.385 e. The molecule has 4 heteroatoms. The van der Waals surface area contributed by atoms with Crippen molar-refractivity contribution in [2.24, 2.45) is 0 Å². The Morgan fingerprint density at radius 1 is 1.25 bits per heavy atom. The molecule has 1 N–H and O–H groups in total. The van der Waals surface area contributed by atoms with E-state index >= 15 is 0 Å². The van der Waals surface area contributed by atoms with Gasteiger partial charge in [0.1, 0.15) is 0 Å². The van der Waals surface area contributed by atoms with Crippen LogP contribution in [-0.4, -0.2) is 50.7 Å². The summed E-state index contributed by atoms with van der Waals surface area (Å²) in [6.45, 7) is 4.43. The van der Waals surface area contributed by atoms with Gasteiger partial charge in [0.2, 0.25) is 5.91 Å². The van der Waals surface area contributed by atoms with E-state index in [1.807, 2.05) is 4.90 Å². The molecule has 0 atom stereocenters. The molecule has 1 rings (SSSR count). The van der Waals surface area contributed by atoms with Crippen molar-refractivity contribution >= 4 is 5.91 Å².